The number of nitrogens with one attached hydrogen (secondary N) is 1. The molecule has 3 rings (SSSR count). The lowest BCUT2D eigenvalue weighted by molar-refractivity contribution is 0.537. The highest BCUT2D eigenvalue weighted by atomic mass is 15.2. The molecule has 1 aliphatic heterocycles. The monoisotopic (exact) mass is 284 g/mol. The molecule has 112 valence electrons. The Labute approximate surface area is 126 Å². The van der Waals surface area contributed by atoms with Crippen LogP contribution in [0.25, 0.3) is 11.0 Å². The first-order chi connectivity index (χ1) is 10.2. The van der Waals surface area contributed by atoms with Crippen molar-refractivity contribution in [3.8, 4) is 0 Å². The molecular formula is C17H24N4. The molecule has 0 amide bonds. The number of para-hydroxylation sites is 2. The van der Waals surface area contributed by atoms with E-state index in [1.165, 1.54) is 12.8 Å². The van der Waals surface area contributed by atoms with Gasteiger partial charge in [0.2, 0.25) is 0 Å². The van der Waals surface area contributed by atoms with Crippen LogP contribution in [0.2, 0.25) is 0 Å². The molecule has 0 radical (unpaired) electrons. The van der Waals surface area contributed by atoms with Crippen LogP contribution in [0.1, 0.15) is 26.7 Å². The van der Waals surface area contributed by atoms with E-state index in [4.69, 9.17) is 4.98 Å². The maximum absolute atomic E-state index is 4.81. The number of hydrogen-bond acceptors (Lipinski definition) is 4. The fourth-order valence-electron chi connectivity index (χ4n) is 2.98. The summed E-state index contributed by atoms with van der Waals surface area (Å²) in [7, 11) is 0. The van der Waals surface area contributed by atoms with Gasteiger partial charge in [0.05, 0.1) is 17.2 Å². The molecular weight excluding hydrogens is 260 g/mol. The Morgan fingerprint density at radius 1 is 1.29 bits per heavy atom. The number of anilines is 1. The van der Waals surface area contributed by atoms with Gasteiger partial charge >= 0.3 is 0 Å². The van der Waals surface area contributed by atoms with Crippen LogP contribution >= 0.6 is 0 Å². The van der Waals surface area contributed by atoms with Crippen LogP contribution in [-0.4, -0.2) is 35.6 Å². The fourth-order valence-corrected chi connectivity index (χ4v) is 2.98. The van der Waals surface area contributed by atoms with Gasteiger partial charge in [0, 0.05) is 19.1 Å². The average molecular weight is 284 g/mol. The standard InChI is InChI=1S/C17H24N4/c1-13(2)11-21(12-14-6-5-9-18-14)17-10-19-15-7-3-4-8-16(15)20-17/h3-4,7-8,10,13-14,18H,5-6,9,11-12H2,1-2H3. The number of fused-ring (bicyclic) bond motifs is 1. The van der Waals surface area contributed by atoms with E-state index < -0.39 is 0 Å². The Morgan fingerprint density at radius 2 is 2.10 bits per heavy atom. The van der Waals surface area contributed by atoms with E-state index in [9.17, 15) is 0 Å². The summed E-state index contributed by atoms with van der Waals surface area (Å²) in [5.74, 6) is 1.61. The number of aromatic nitrogens is 2. The van der Waals surface area contributed by atoms with Crippen molar-refractivity contribution >= 4 is 16.9 Å². The van der Waals surface area contributed by atoms with E-state index in [1.54, 1.807) is 0 Å². The molecule has 1 unspecified atom stereocenters. The molecule has 2 heterocycles. The Bertz CT molecular complexity index is 590. The number of nitrogens with zero attached hydrogens (tertiary/aromatic N) is 3. The minimum Gasteiger partial charge on any atom is -0.354 e. The minimum atomic E-state index is 0.581. The van der Waals surface area contributed by atoms with E-state index in [-0.39, 0.29) is 0 Å². The van der Waals surface area contributed by atoms with Crippen LogP contribution in [0, 0.1) is 5.92 Å². The van der Waals surface area contributed by atoms with Crippen LogP contribution in [0.15, 0.2) is 30.5 Å². The number of hydrogen-bond donors (Lipinski definition) is 1. The Hall–Kier alpha value is -1.68. The zero-order valence-corrected chi connectivity index (χ0v) is 12.9. The molecule has 4 nitrogen and oxygen atoms in total. The zero-order valence-electron chi connectivity index (χ0n) is 12.9. The molecule has 0 aliphatic carbocycles. The second-order valence-electron chi connectivity index (χ2n) is 6.31. The Balaban J connectivity index is 1.85. The molecule has 0 saturated carbocycles. The van der Waals surface area contributed by atoms with Gasteiger partial charge in [-0.25, -0.2) is 4.98 Å². The summed E-state index contributed by atoms with van der Waals surface area (Å²) in [5, 5.41) is 3.58. The summed E-state index contributed by atoms with van der Waals surface area (Å²) in [5.41, 5.74) is 1.94. The molecule has 1 fully saturated rings. The van der Waals surface area contributed by atoms with Crippen LogP contribution < -0.4 is 10.2 Å². The maximum atomic E-state index is 4.81. The van der Waals surface area contributed by atoms with Crippen molar-refractivity contribution in [3.63, 3.8) is 0 Å². The predicted molar refractivity (Wildman–Crippen MR) is 87.6 cm³/mol. The van der Waals surface area contributed by atoms with E-state index in [2.05, 4.69) is 29.0 Å². The van der Waals surface area contributed by atoms with Crippen molar-refractivity contribution in [2.45, 2.75) is 32.7 Å². The van der Waals surface area contributed by atoms with Crippen molar-refractivity contribution in [1.82, 2.24) is 15.3 Å². The lowest BCUT2D eigenvalue weighted by atomic mass is 10.1. The molecule has 1 aliphatic rings. The SMILES string of the molecule is CC(C)CN(CC1CCCN1)c1cnc2ccccc2n1. The first kappa shape index (κ1) is 14.3. The van der Waals surface area contributed by atoms with E-state index in [1.807, 2.05) is 30.5 Å². The third kappa shape index (κ3) is 3.50. The highest BCUT2D eigenvalue weighted by Gasteiger charge is 2.20. The van der Waals surface area contributed by atoms with Gasteiger partial charge in [-0.1, -0.05) is 26.0 Å². The number of rotatable bonds is 5. The first-order valence-corrected chi connectivity index (χ1v) is 7.92. The third-order valence-electron chi connectivity index (χ3n) is 3.95. The quantitative estimate of drug-likeness (QED) is 0.916. The van der Waals surface area contributed by atoms with Crippen LogP contribution in [0.4, 0.5) is 5.82 Å². The van der Waals surface area contributed by atoms with Gasteiger partial charge in [0.1, 0.15) is 5.82 Å². The van der Waals surface area contributed by atoms with Gasteiger partial charge < -0.3 is 10.2 Å². The number of benzene rings is 1. The smallest absolute Gasteiger partial charge is 0.147 e. The molecule has 0 spiro atoms. The molecule has 0 bridgehead atoms. The lowest BCUT2D eigenvalue weighted by Gasteiger charge is -2.28. The van der Waals surface area contributed by atoms with Crippen molar-refractivity contribution in [2.24, 2.45) is 5.92 Å². The molecule has 1 N–H and O–H groups in total. The summed E-state index contributed by atoms with van der Waals surface area (Å²) >= 11 is 0. The van der Waals surface area contributed by atoms with Gasteiger partial charge in [-0.3, -0.25) is 4.98 Å². The molecule has 1 atom stereocenters. The summed E-state index contributed by atoms with van der Waals surface area (Å²) in [6.07, 6.45) is 4.46. The normalized spacial score (nSPS) is 18.5. The Kier molecular flexibility index (Phi) is 4.34. The van der Waals surface area contributed by atoms with Gasteiger partial charge in [0.25, 0.3) is 0 Å². The molecule has 4 heteroatoms. The minimum absolute atomic E-state index is 0.581. The fraction of sp³-hybridized carbons (Fsp3) is 0.529. The van der Waals surface area contributed by atoms with Crippen molar-refractivity contribution < 1.29 is 0 Å². The molecule has 21 heavy (non-hydrogen) atoms. The van der Waals surface area contributed by atoms with E-state index >= 15 is 0 Å². The van der Waals surface area contributed by atoms with Gasteiger partial charge in [-0.2, -0.15) is 0 Å². The zero-order chi connectivity index (χ0) is 14.7. The van der Waals surface area contributed by atoms with Crippen molar-refractivity contribution in [3.05, 3.63) is 30.5 Å². The van der Waals surface area contributed by atoms with E-state index in [0.29, 0.717) is 12.0 Å². The maximum Gasteiger partial charge on any atom is 0.147 e. The largest absolute Gasteiger partial charge is 0.354 e. The van der Waals surface area contributed by atoms with Crippen molar-refractivity contribution in [2.75, 3.05) is 24.5 Å². The summed E-state index contributed by atoms with van der Waals surface area (Å²) in [4.78, 5) is 11.7. The predicted octanol–water partition coefficient (Wildman–Crippen LogP) is 2.84. The summed E-state index contributed by atoms with van der Waals surface area (Å²) in [6.45, 7) is 7.69. The first-order valence-electron chi connectivity index (χ1n) is 7.92. The van der Waals surface area contributed by atoms with Crippen LogP contribution in [0.3, 0.4) is 0 Å². The van der Waals surface area contributed by atoms with E-state index in [0.717, 1.165) is 36.5 Å². The van der Waals surface area contributed by atoms with Gasteiger partial charge in [-0.05, 0) is 37.4 Å². The second kappa shape index (κ2) is 6.39. The Morgan fingerprint density at radius 3 is 2.81 bits per heavy atom. The van der Waals surface area contributed by atoms with Gasteiger partial charge in [0.15, 0.2) is 0 Å². The highest BCUT2D eigenvalue weighted by molar-refractivity contribution is 5.75. The highest BCUT2D eigenvalue weighted by Crippen LogP contribution is 2.18. The third-order valence-corrected chi connectivity index (χ3v) is 3.95. The summed E-state index contributed by atoms with van der Waals surface area (Å²) < 4.78 is 0. The second-order valence-corrected chi connectivity index (χ2v) is 6.31. The molecule has 1 aromatic heterocycles. The molecule has 1 saturated heterocycles. The van der Waals surface area contributed by atoms with Gasteiger partial charge in [-0.15, -0.1) is 0 Å². The van der Waals surface area contributed by atoms with Crippen LogP contribution in [0.5, 0.6) is 0 Å². The van der Waals surface area contributed by atoms with Crippen LogP contribution in [-0.2, 0) is 0 Å². The topological polar surface area (TPSA) is 41.0 Å². The lowest BCUT2D eigenvalue weighted by Crippen LogP contribution is -2.40. The summed E-state index contributed by atoms with van der Waals surface area (Å²) in [6, 6.07) is 8.65. The molecule has 2 aromatic rings. The molecule has 1 aromatic carbocycles. The van der Waals surface area contributed by atoms with Crippen molar-refractivity contribution in [1.29, 1.82) is 0 Å². The average Bonchev–Trinajstić information content (AvgIpc) is 2.98.